The van der Waals surface area contributed by atoms with Gasteiger partial charge >= 0.3 is 0 Å². The van der Waals surface area contributed by atoms with Gasteiger partial charge in [0.2, 0.25) is 0 Å². The van der Waals surface area contributed by atoms with Crippen molar-refractivity contribution in [2.24, 2.45) is 5.73 Å². The molecular formula is C14H9BrN2O. The lowest BCUT2D eigenvalue weighted by atomic mass is 10.1. The maximum atomic E-state index is 11.4. The fraction of sp³-hybridized carbons (Fsp3) is 0. The van der Waals surface area contributed by atoms with Crippen molar-refractivity contribution in [2.75, 3.05) is 0 Å². The van der Waals surface area contributed by atoms with Crippen molar-refractivity contribution in [2.45, 2.75) is 0 Å². The highest BCUT2D eigenvalue weighted by molar-refractivity contribution is 9.10. The summed E-state index contributed by atoms with van der Waals surface area (Å²) in [6, 6.07) is 13.3. The molecule has 0 unspecified atom stereocenters. The lowest BCUT2D eigenvalue weighted by Gasteiger charge is -2.05. The highest BCUT2D eigenvalue weighted by Gasteiger charge is 2.08. The van der Waals surface area contributed by atoms with Crippen molar-refractivity contribution in [3.05, 3.63) is 52.5 Å². The lowest BCUT2D eigenvalue weighted by molar-refractivity contribution is 0.100. The van der Waals surface area contributed by atoms with E-state index < -0.39 is 5.91 Å². The summed E-state index contributed by atoms with van der Waals surface area (Å²) in [7, 11) is 0. The molecule has 3 nitrogen and oxygen atoms in total. The van der Waals surface area contributed by atoms with E-state index in [1.54, 1.807) is 6.07 Å². The first-order valence-electron chi connectivity index (χ1n) is 5.44. The number of para-hydroxylation sites is 1. The van der Waals surface area contributed by atoms with Crippen LogP contribution in [0.4, 0.5) is 0 Å². The van der Waals surface area contributed by atoms with Crippen molar-refractivity contribution in [1.29, 1.82) is 0 Å². The Morgan fingerprint density at radius 2 is 1.94 bits per heavy atom. The number of pyridine rings is 1. The summed E-state index contributed by atoms with van der Waals surface area (Å²) < 4.78 is 0.957. The third-order valence-electron chi connectivity index (χ3n) is 2.87. The van der Waals surface area contributed by atoms with Crippen LogP contribution in [-0.4, -0.2) is 10.9 Å². The molecule has 0 radical (unpaired) electrons. The molecule has 0 spiro atoms. The van der Waals surface area contributed by atoms with Gasteiger partial charge in [0, 0.05) is 15.2 Å². The topological polar surface area (TPSA) is 56.0 Å². The molecule has 0 aliphatic heterocycles. The maximum absolute atomic E-state index is 11.4. The molecule has 4 heteroatoms. The van der Waals surface area contributed by atoms with Crippen molar-refractivity contribution < 1.29 is 4.79 Å². The van der Waals surface area contributed by atoms with E-state index in [1.165, 1.54) is 0 Å². The highest BCUT2D eigenvalue weighted by atomic mass is 79.9. The van der Waals surface area contributed by atoms with Crippen molar-refractivity contribution in [3.63, 3.8) is 0 Å². The standard InChI is InChI=1S/C14H9BrN2O/c15-10-5-4-8-6-9-2-1-3-11(14(16)18)13(9)17-12(8)7-10/h1-7H,(H2,16,18). The summed E-state index contributed by atoms with van der Waals surface area (Å²) in [6.07, 6.45) is 0. The van der Waals surface area contributed by atoms with Gasteiger partial charge in [0.05, 0.1) is 16.6 Å². The highest BCUT2D eigenvalue weighted by Crippen LogP contribution is 2.24. The van der Waals surface area contributed by atoms with Gasteiger partial charge in [-0.1, -0.05) is 34.1 Å². The van der Waals surface area contributed by atoms with E-state index in [0.29, 0.717) is 11.1 Å². The van der Waals surface area contributed by atoms with Crippen molar-refractivity contribution in [1.82, 2.24) is 4.98 Å². The van der Waals surface area contributed by atoms with Crippen LogP contribution in [0.1, 0.15) is 10.4 Å². The Hall–Kier alpha value is -1.94. The average Bonchev–Trinajstić information content (AvgIpc) is 2.35. The van der Waals surface area contributed by atoms with Crippen LogP contribution < -0.4 is 5.73 Å². The van der Waals surface area contributed by atoms with Crippen molar-refractivity contribution >= 4 is 43.6 Å². The Kier molecular flexibility index (Phi) is 2.52. The van der Waals surface area contributed by atoms with Gasteiger partial charge < -0.3 is 5.73 Å². The zero-order chi connectivity index (χ0) is 12.7. The number of amides is 1. The summed E-state index contributed by atoms with van der Waals surface area (Å²) in [5, 5.41) is 1.95. The van der Waals surface area contributed by atoms with Crippen LogP contribution in [0.15, 0.2) is 46.9 Å². The van der Waals surface area contributed by atoms with E-state index in [9.17, 15) is 4.79 Å². The molecule has 18 heavy (non-hydrogen) atoms. The Balaban J connectivity index is 2.45. The van der Waals surface area contributed by atoms with Crippen LogP contribution in [0, 0.1) is 0 Å². The molecule has 0 bridgehead atoms. The predicted octanol–water partition coefficient (Wildman–Crippen LogP) is 3.25. The second-order valence-electron chi connectivity index (χ2n) is 4.07. The van der Waals surface area contributed by atoms with Crippen LogP contribution in [0.5, 0.6) is 0 Å². The quantitative estimate of drug-likeness (QED) is 0.701. The molecule has 1 aromatic heterocycles. The molecule has 2 N–H and O–H groups in total. The van der Waals surface area contributed by atoms with Crippen LogP contribution in [0.25, 0.3) is 21.8 Å². The first-order valence-corrected chi connectivity index (χ1v) is 6.23. The number of rotatable bonds is 1. The summed E-state index contributed by atoms with van der Waals surface area (Å²) in [5.74, 6) is -0.456. The van der Waals surface area contributed by atoms with Crippen molar-refractivity contribution in [3.8, 4) is 0 Å². The number of primary amides is 1. The first kappa shape index (κ1) is 11.2. The van der Waals surface area contributed by atoms with Crippen LogP contribution >= 0.6 is 15.9 Å². The van der Waals surface area contributed by atoms with Crippen LogP contribution in [-0.2, 0) is 0 Å². The molecule has 2 aromatic carbocycles. The molecule has 3 aromatic rings. The molecule has 0 saturated carbocycles. The number of carbonyl (C=O) groups is 1. The number of hydrogen-bond donors (Lipinski definition) is 1. The van der Waals surface area contributed by atoms with Gasteiger partial charge in [0.1, 0.15) is 0 Å². The molecule has 0 aliphatic carbocycles. The largest absolute Gasteiger partial charge is 0.366 e. The molecule has 0 saturated heterocycles. The van der Waals surface area contributed by atoms with Crippen LogP contribution in [0.2, 0.25) is 0 Å². The second-order valence-corrected chi connectivity index (χ2v) is 4.98. The Labute approximate surface area is 112 Å². The Morgan fingerprint density at radius 1 is 1.11 bits per heavy atom. The number of nitrogens with two attached hydrogens (primary N) is 1. The predicted molar refractivity (Wildman–Crippen MR) is 75.5 cm³/mol. The van der Waals surface area contributed by atoms with Gasteiger partial charge in [-0.2, -0.15) is 0 Å². The number of halogens is 1. The number of benzene rings is 2. The summed E-state index contributed by atoms with van der Waals surface area (Å²) in [5.41, 5.74) is 7.31. The van der Waals surface area contributed by atoms with Gasteiger partial charge in [0.15, 0.2) is 0 Å². The van der Waals surface area contributed by atoms with E-state index in [1.807, 2.05) is 36.4 Å². The Morgan fingerprint density at radius 3 is 2.72 bits per heavy atom. The van der Waals surface area contributed by atoms with E-state index in [2.05, 4.69) is 20.9 Å². The smallest absolute Gasteiger partial charge is 0.250 e. The van der Waals surface area contributed by atoms with Gasteiger partial charge in [-0.15, -0.1) is 0 Å². The second kappa shape index (κ2) is 4.07. The summed E-state index contributed by atoms with van der Waals surface area (Å²) >= 11 is 3.41. The molecule has 3 rings (SSSR count). The normalized spacial score (nSPS) is 10.9. The van der Waals surface area contributed by atoms with E-state index in [-0.39, 0.29) is 0 Å². The minimum atomic E-state index is -0.456. The third kappa shape index (κ3) is 1.75. The fourth-order valence-electron chi connectivity index (χ4n) is 2.03. The van der Waals surface area contributed by atoms with Gasteiger partial charge in [-0.25, -0.2) is 4.98 Å². The molecule has 1 amide bonds. The molecule has 0 aliphatic rings. The SMILES string of the molecule is NC(=O)c1cccc2cc3ccc(Br)cc3nc12. The summed E-state index contributed by atoms with van der Waals surface area (Å²) in [6.45, 7) is 0. The zero-order valence-corrected chi connectivity index (χ0v) is 10.9. The van der Waals surface area contributed by atoms with E-state index in [0.717, 1.165) is 20.8 Å². The number of aromatic nitrogens is 1. The number of carbonyl (C=O) groups excluding carboxylic acids is 1. The number of hydrogen-bond acceptors (Lipinski definition) is 2. The molecule has 0 atom stereocenters. The lowest BCUT2D eigenvalue weighted by Crippen LogP contribution is -2.11. The van der Waals surface area contributed by atoms with Gasteiger partial charge in [-0.05, 0) is 24.3 Å². The van der Waals surface area contributed by atoms with Crippen LogP contribution in [0.3, 0.4) is 0 Å². The van der Waals surface area contributed by atoms with E-state index in [4.69, 9.17) is 5.73 Å². The third-order valence-corrected chi connectivity index (χ3v) is 3.36. The fourth-order valence-corrected chi connectivity index (χ4v) is 2.37. The zero-order valence-electron chi connectivity index (χ0n) is 9.35. The summed E-state index contributed by atoms with van der Waals surface area (Å²) in [4.78, 5) is 15.9. The molecule has 88 valence electrons. The van der Waals surface area contributed by atoms with Gasteiger partial charge in [0.25, 0.3) is 5.91 Å². The first-order chi connectivity index (χ1) is 8.65. The maximum Gasteiger partial charge on any atom is 0.250 e. The Bertz CT molecular complexity index is 783. The average molecular weight is 301 g/mol. The molecule has 1 heterocycles. The number of fused-ring (bicyclic) bond motifs is 2. The monoisotopic (exact) mass is 300 g/mol. The van der Waals surface area contributed by atoms with E-state index >= 15 is 0 Å². The minimum Gasteiger partial charge on any atom is -0.366 e. The molecular weight excluding hydrogens is 292 g/mol. The minimum absolute atomic E-state index is 0.453. The van der Waals surface area contributed by atoms with Gasteiger partial charge in [-0.3, -0.25) is 4.79 Å². The number of nitrogens with zero attached hydrogens (tertiary/aromatic N) is 1. The molecule has 0 fully saturated rings.